The number of anilines is 1. The molecule has 2 aromatic carbocycles. The van der Waals surface area contributed by atoms with Gasteiger partial charge < -0.3 is 15.0 Å². The molecule has 2 aliphatic carbocycles. The van der Waals surface area contributed by atoms with Gasteiger partial charge in [0.2, 0.25) is 11.8 Å². The lowest BCUT2D eigenvalue weighted by molar-refractivity contribution is -0.147. The summed E-state index contributed by atoms with van der Waals surface area (Å²) in [6.07, 6.45) is 6.80. The number of likely N-dealkylation sites (N-methyl/N-ethyl adjacent to an activating group) is 1. The van der Waals surface area contributed by atoms with Gasteiger partial charge in [0.1, 0.15) is 5.82 Å². The SMILES string of the molecule is COC(=O)C1CCC(N(C)C(=O)[C@@H]2NC3(CCCCC3)[C@@H](C(=O)Nc3cccc(Cl)c3)[C@H]2c2cccc(Cl)c2F)CC1. The second kappa shape index (κ2) is 12.9. The zero-order chi connectivity index (χ0) is 30.0. The van der Waals surface area contributed by atoms with Crippen LogP contribution in [-0.2, 0) is 19.1 Å². The fourth-order valence-corrected chi connectivity index (χ4v) is 7.85. The number of rotatable bonds is 6. The van der Waals surface area contributed by atoms with E-state index in [1.54, 1.807) is 48.3 Å². The average Bonchev–Trinajstić information content (AvgIpc) is 3.31. The fraction of sp³-hybridized carbons (Fsp3) is 0.531. The van der Waals surface area contributed by atoms with Gasteiger partial charge in [0.05, 0.1) is 30.0 Å². The standard InChI is InChI=1S/C32H38Cl2FN3O4/c1-38(22-14-12-19(13-15-22)31(41)42-2)30(40)28-25(23-10-7-11-24(34)27(23)35)26(32(37-28)16-4-3-5-17-32)29(39)36-21-9-6-8-20(33)18-21/h6-11,18-19,22,25-26,28,37H,3-5,12-17H2,1-2H3,(H,36,39)/t19?,22?,25-,26-,28-/m1/s1. The molecular weight excluding hydrogens is 580 g/mol. The number of carbonyl (C=O) groups is 3. The van der Waals surface area contributed by atoms with Crippen LogP contribution in [0.4, 0.5) is 10.1 Å². The predicted octanol–water partition coefficient (Wildman–Crippen LogP) is 6.34. The van der Waals surface area contributed by atoms with E-state index in [1.165, 1.54) is 13.2 Å². The quantitative estimate of drug-likeness (QED) is 0.370. The molecule has 3 aliphatic rings. The monoisotopic (exact) mass is 617 g/mol. The lowest BCUT2D eigenvalue weighted by atomic mass is 9.68. The Labute approximate surface area is 256 Å². The summed E-state index contributed by atoms with van der Waals surface area (Å²) in [5.74, 6) is -3.00. The maximum absolute atomic E-state index is 15.8. The molecule has 2 saturated carbocycles. The second-order valence-electron chi connectivity index (χ2n) is 12.0. The Morgan fingerprint density at radius 3 is 2.38 bits per heavy atom. The van der Waals surface area contributed by atoms with Crippen LogP contribution < -0.4 is 10.6 Å². The van der Waals surface area contributed by atoms with Gasteiger partial charge in [-0.05, 0) is 68.4 Å². The molecule has 1 saturated heterocycles. The third kappa shape index (κ3) is 6.03. The van der Waals surface area contributed by atoms with Crippen molar-refractivity contribution in [2.45, 2.75) is 81.3 Å². The maximum Gasteiger partial charge on any atom is 0.308 e. The number of esters is 1. The highest BCUT2D eigenvalue weighted by Gasteiger charge is 2.59. The summed E-state index contributed by atoms with van der Waals surface area (Å²) in [4.78, 5) is 42.4. The van der Waals surface area contributed by atoms with Crippen molar-refractivity contribution >= 4 is 46.7 Å². The van der Waals surface area contributed by atoms with E-state index in [4.69, 9.17) is 27.9 Å². The molecule has 5 rings (SSSR count). The summed E-state index contributed by atoms with van der Waals surface area (Å²) in [5, 5.41) is 7.07. The first-order valence-electron chi connectivity index (χ1n) is 14.8. The molecule has 7 nitrogen and oxygen atoms in total. The van der Waals surface area contributed by atoms with Gasteiger partial charge >= 0.3 is 5.97 Å². The first-order valence-corrected chi connectivity index (χ1v) is 15.5. The van der Waals surface area contributed by atoms with Crippen LogP contribution in [0, 0.1) is 17.7 Å². The van der Waals surface area contributed by atoms with Crippen molar-refractivity contribution < 1.29 is 23.5 Å². The zero-order valence-corrected chi connectivity index (χ0v) is 25.5. The van der Waals surface area contributed by atoms with E-state index in [0.29, 0.717) is 49.2 Å². The number of halogens is 3. The Morgan fingerprint density at radius 2 is 1.71 bits per heavy atom. The molecule has 226 valence electrons. The molecule has 2 amide bonds. The third-order valence-corrected chi connectivity index (χ3v) is 10.1. The van der Waals surface area contributed by atoms with Crippen molar-refractivity contribution in [3.8, 4) is 0 Å². The van der Waals surface area contributed by atoms with E-state index in [1.807, 2.05) is 0 Å². The van der Waals surface area contributed by atoms with Crippen molar-refractivity contribution in [2.24, 2.45) is 11.8 Å². The van der Waals surface area contributed by atoms with Gasteiger partial charge in [0, 0.05) is 35.3 Å². The summed E-state index contributed by atoms with van der Waals surface area (Å²) >= 11 is 12.5. The highest BCUT2D eigenvalue weighted by Crippen LogP contribution is 2.50. The van der Waals surface area contributed by atoms with Gasteiger partial charge in [0.25, 0.3) is 0 Å². The van der Waals surface area contributed by atoms with Crippen LogP contribution in [0.1, 0.15) is 69.3 Å². The van der Waals surface area contributed by atoms with Crippen molar-refractivity contribution in [3.63, 3.8) is 0 Å². The number of ether oxygens (including phenoxy) is 1. The Kier molecular flexibility index (Phi) is 9.45. The number of benzene rings is 2. The van der Waals surface area contributed by atoms with Crippen LogP contribution in [0.15, 0.2) is 42.5 Å². The lowest BCUT2D eigenvalue weighted by Crippen LogP contribution is -2.54. The largest absolute Gasteiger partial charge is 0.469 e. The van der Waals surface area contributed by atoms with E-state index in [2.05, 4.69) is 10.6 Å². The van der Waals surface area contributed by atoms with Crippen molar-refractivity contribution in [2.75, 3.05) is 19.5 Å². The Balaban J connectivity index is 1.51. The predicted molar refractivity (Wildman–Crippen MR) is 161 cm³/mol. The molecule has 0 radical (unpaired) electrons. The van der Waals surface area contributed by atoms with Gasteiger partial charge in [0.15, 0.2) is 0 Å². The number of hydrogen-bond acceptors (Lipinski definition) is 5. The highest BCUT2D eigenvalue weighted by atomic mass is 35.5. The number of carbonyl (C=O) groups excluding carboxylic acids is 3. The van der Waals surface area contributed by atoms with Crippen LogP contribution >= 0.6 is 23.2 Å². The van der Waals surface area contributed by atoms with Gasteiger partial charge in [-0.2, -0.15) is 0 Å². The summed E-state index contributed by atoms with van der Waals surface area (Å²) in [6.45, 7) is 0. The van der Waals surface area contributed by atoms with Gasteiger partial charge in [-0.25, -0.2) is 4.39 Å². The van der Waals surface area contributed by atoms with E-state index in [0.717, 1.165) is 19.3 Å². The minimum atomic E-state index is -0.838. The number of hydrogen-bond donors (Lipinski definition) is 2. The first-order chi connectivity index (χ1) is 20.1. The molecule has 0 aromatic heterocycles. The van der Waals surface area contributed by atoms with Gasteiger partial charge in [-0.1, -0.05) is 60.7 Å². The van der Waals surface area contributed by atoms with Crippen LogP contribution in [0.3, 0.4) is 0 Å². The van der Waals surface area contributed by atoms with Gasteiger partial charge in [-0.3, -0.25) is 19.7 Å². The summed E-state index contributed by atoms with van der Waals surface area (Å²) < 4.78 is 20.7. The van der Waals surface area contributed by atoms with Crippen molar-refractivity contribution in [1.29, 1.82) is 0 Å². The molecule has 10 heteroatoms. The molecule has 1 heterocycles. The summed E-state index contributed by atoms with van der Waals surface area (Å²) in [6, 6.07) is 10.8. The molecule has 2 N–H and O–H groups in total. The number of nitrogens with zero attached hydrogens (tertiary/aromatic N) is 1. The van der Waals surface area contributed by atoms with E-state index >= 15 is 4.39 Å². The maximum atomic E-state index is 15.8. The van der Waals surface area contributed by atoms with Crippen LogP contribution in [-0.4, -0.2) is 54.5 Å². The molecule has 0 bridgehead atoms. The second-order valence-corrected chi connectivity index (χ2v) is 12.8. The molecule has 3 fully saturated rings. The lowest BCUT2D eigenvalue weighted by Gasteiger charge is -2.39. The molecule has 0 unspecified atom stereocenters. The summed E-state index contributed by atoms with van der Waals surface area (Å²) in [5.41, 5.74) is 0.104. The zero-order valence-electron chi connectivity index (χ0n) is 24.0. The molecule has 42 heavy (non-hydrogen) atoms. The topological polar surface area (TPSA) is 87.7 Å². The number of amides is 2. The molecular formula is C32H38Cl2FN3O4. The highest BCUT2D eigenvalue weighted by molar-refractivity contribution is 6.31. The van der Waals surface area contributed by atoms with Crippen molar-refractivity contribution in [3.05, 3.63) is 63.9 Å². The molecule has 2 aromatic rings. The smallest absolute Gasteiger partial charge is 0.308 e. The Morgan fingerprint density at radius 1 is 1.02 bits per heavy atom. The molecule has 3 atom stereocenters. The van der Waals surface area contributed by atoms with E-state index in [-0.39, 0.29) is 40.3 Å². The normalized spacial score (nSPS) is 26.9. The van der Waals surface area contributed by atoms with Crippen molar-refractivity contribution in [1.82, 2.24) is 10.2 Å². The Hall–Kier alpha value is -2.68. The summed E-state index contributed by atoms with van der Waals surface area (Å²) in [7, 11) is 3.16. The average molecular weight is 619 g/mol. The van der Waals surface area contributed by atoms with Crippen LogP contribution in [0.2, 0.25) is 10.0 Å². The first kappa shape index (κ1) is 30.8. The number of methoxy groups -OCH3 is 1. The molecule has 1 spiro atoms. The molecule has 1 aliphatic heterocycles. The minimum Gasteiger partial charge on any atom is -0.469 e. The Bertz CT molecular complexity index is 1330. The van der Waals surface area contributed by atoms with Gasteiger partial charge in [-0.15, -0.1) is 0 Å². The third-order valence-electron chi connectivity index (χ3n) is 9.61. The minimum absolute atomic E-state index is 0.0493. The fourth-order valence-electron chi connectivity index (χ4n) is 7.48. The number of nitrogens with one attached hydrogen (secondary N) is 2. The van der Waals surface area contributed by atoms with E-state index in [9.17, 15) is 14.4 Å². The van der Waals surface area contributed by atoms with Crippen LogP contribution in [0.5, 0.6) is 0 Å². The van der Waals surface area contributed by atoms with E-state index < -0.39 is 29.2 Å². The van der Waals surface area contributed by atoms with Crippen LogP contribution in [0.25, 0.3) is 0 Å².